The summed E-state index contributed by atoms with van der Waals surface area (Å²) in [5, 5.41) is 9.25. The van der Waals surface area contributed by atoms with Gasteiger partial charge in [0.15, 0.2) is 0 Å². The van der Waals surface area contributed by atoms with Crippen molar-refractivity contribution >= 4 is 21.9 Å². The van der Waals surface area contributed by atoms with E-state index in [9.17, 15) is 18.3 Å². The predicted molar refractivity (Wildman–Crippen MR) is 117 cm³/mol. The van der Waals surface area contributed by atoms with Gasteiger partial charge in [0.05, 0.1) is 0 Å². The molecule has 1 unspecified atom stereocenters. The second-order valence-corrected chi connectivity index (χ2v) is 9.41. The number of rotatable bonds is 9. The molecule has 1 aliphatic rings. The van der Waals surface area contributed by atoms with Crippen LogP contribution < -0.4 is 14.4 Å². The van der Waals surface area contributed by atoms with Crippen molar-refractivity contribution in [3.63, 3.8) is 0 Å². The van der Waals surface area contributed by atoms with Crippen LogP contribution in [0.25, 0.3) is 0 Å². The Morgan fingerprint density at radius 1 is 1.10 bits per heavy atom. The summed E-state index contributed by atoms with van der Waals surface area (Å²) in [4.78, 5) is 17.4. The van der Waals surface area contributed by atoms with Crippen molar-refractivity contribution < 1.29 is 23.1 Å². The highest BCUT2D eigenvalue weighted by atomic mass is 32.2. The highest BCUT2D eigenvalue weighted by Crippen LogP contribution is 2.22. The average Bonchev–Trinajstić information content (AvgIpc) is 2.77. The molecule has 1 atom stereocenters. The predicted octanol–water partition coefficient (Wildman–Crippen LogP) is 1.73. The standard InChI is InChI=1S/C21H28N4O5S/c1-16(2)20(21(26)27)23-31(28,29)25-13-11-24(12-14-25)18-3-5-19(6-4-18)30-15-17-7-9-22-10-8-17/h3-10,16,20,23H,11-15H2,1-2H3,(H,26,27). The van der Waals surface area contributed by atoms with Gasteiger partial charge in [0, 0.05) is 44.3 Å². The van der Waals surface area contributed by atoms with E-state index in [0.717, 1.165) is 17.0 Å². The Kier molecular flexibility index (Phi) is 7.47. The molecule has 0 saturated carbocycles. The molecule has 1 aliphatic heterocycles. The van der Waals surface area contributed by atoms with E-state index in [0.29, 0.717) is 19.7 Å². The molecule has 1 aromatic carbocycles. The minimum Gasteiger partial charge on any atom is -0.489 e. The first kappa shape index (κ1) is 23.0. The maximum absolute atomic E-state index is 12.6. The minimum absolute atomic E-state index is 0.278. The summed E-state index contributed by atoms with van der Waals surface area (Å²) in [6.45, 7) is 5.38. The molecule has 10 heteroatoms. The number of hydrogen-bond donors (Lipinski definition) is 2. The lowest BCUT2D eigenvalue weighted by Crippen LogP contribution is -2.55. The number of hydrogen-bond acceptors (Lipinski definition) is 6. The van der Waals surface area contributed by atoms with Crippen LogP contribution in [-0.4, -0.2) is 61.0 Å². The molecule has 9 nitrogen and oxygen atoms in total. The topological polar surface area (TPSA) is 112 Å². The Bertz CT molecular complexity index is 959. The molecule has 31 heavy (non-hydrogen) atoms. The summed E-state index contributed by atoms with van der Waals surface area (Å²) >= 11 is 0. The third-order valence-corrected chi connectivity index (χ3v) is 6.74. The first-order chi connectivity index (χ1) is 14.8. The van der Waals surface area contributed by atoms with Crippen molar-refractivity contribution in [2.45, 2.75) is 26.5 Å². The second-order valence-electron chi connectivity index (χ2n) is 7.71. The van der Waals surface area contributed by atoms with Gasteiger partial charge in [-0.25, -0.2) is 0 Å². The van der Waals surface area contributed by atoms with E-state index >= 15 is 0 Å². The summed E-state index contributed by atoms with van der Waals surface area (Å²) in [5.41, 5.74) is 2.01. The van der Waals surface area contributed by atoms with Crippen LogP contribution >= 0.6 is 0 Å². The summed E-state index contributed by atoms with van der Waals surface area (Å²) in [6, 6.07) is 10.3. The molecule has 0 aliphatic carbocycles. The molecule has 1 saturated heterocycles. The van der Waals surface area contributed by atoms with Gasteiger partial charge in [0.1, 0.15) is 18.4 Å². The maximum atomic E-state index is 12.6. The molecule has 2 aromatic rings. The Hall–Kier alpha value is -2.69. The van der Waals surface area contributed by atoms with Crippen LogP contribution in [0.4, 0.5) is 5.69 Å². The quantitative estimate of drug-likeness (QED) is 0.601. The largest absolute Gasteiger partial charge is 0.489 e. The van der Waals surface area contributed by atoms with Gasteiger partial charge < -0.3 is 14.7 Å². The van der Waals surface area contributed by atoms with Gasteiger partial charge in [-0.1, -0.05) is 13.8 Å². The van der Waals surface area contributed by atoms with Gasteiger partial charge in [-0.2, -0.15) is 17.4 Å². The van der Waals surface area contributed by atoms with Crippen molar-refractivity contribution in [2.24, 2.45) is 5.92 Å². The smallest absolute Gasteiger partial charge is 0.322 e. The van der Waals surface area contributed by atoms with Crippen LogP contribution in [0.1, 0.15) is 19.4 Å². The van der Waals surface area contributed by atoms with Crippen molar-refractivity contribution in [1.82, 2.24) is 14.0 Å². The highest BCUT2D eigenvalue weighted by Gasteiger charge is 2.32. The number of nitrogens with zero attached hydrogens (tertiary/aromatic N) is 3. The molecular formula is C21H28N4O5S. The Morgan fingerprint density at radius 2 is 1.71 bits per heavy atom. The van der Waals surface area contributed by atoms with Gasteiger partial charge in [0.2, 0.25) is 0 Å². The summed E-state index contributed by atoms with van der Waals surface area (Å²) in [6.07, 6.45) is 3.45. The number of aromatic nitrogens is 1. The Labute approximate surface area is 182 Å². The van der Waals surface area contributed by atoms with Crippen LogP contribution in [0.15, 0.2) is 48.8 Å². The fourth-order valence-corrected chi connectivity index (χ4v) is 4.78. The number of carboxylic acid groups (broad SMARTS) is 1. The van der Waals surface area contributed by atoms with Crippen LogP contribution in [0.3, 0.4) is 0 Å². The fourth-order valence-electron chi connectivity index (χ4n) is 3.29. The van der Waals surface area contributed by atoms with Gasteiger partial charge in [0.25, 0.3) is 10.2 Å². The van der Waals surface area contributed by atoms with Crippen molar-refractivity contribution in [3.8, 4) is 5.75 Å². The van der Waals surface area contributed by atoms with Gasteiger partial charge >= 0.3 is 5.97 Å². The molecule has 168 valence electrons. The van der Waals surface area contributed by atoms with Crippen molar-refractivity contribution in [1.29, 1.82) is 0 Å². The third-order valence-electron chi connectivity index (χ3n) is 5.14. The number of aliphatic carboxylic acids is 1. The van der Waals surface area contributed by atoms with E-state index in [-0.39, 0.29) is 19.0 Å². The van der Waals surface area contributed by atoms with Gasteiger partial charge in [-0.05, 0) is 47.9 Å². The molecule has 0 bridgehead atoms. The second kappa shape index (κ2) is 10.1. The summed E-state index contributed by atoms with van der Waals surface area (Å²) < 4.78 is 34.6. The zero-order chi connectivity index (χ0) is 22.4. The lowest BCUT2D eigenvalue weighted by molar-refractivity contribution is -0.140. The molecule has 2 N–H and O–H groups in total. The van der Waals surface area contributed by atoms with E-state index in [4.69, 9.17) is 4.74 Å². The highest BCUT2D eigenvalue weighted by molar-refractivity contribution is 7.87. The van der Waals surface area contributed by atoms with Crippen LogP contribution in [-0.2, 0) is 21.6 Å². The molecule has 0 radical (unpaired) electrons. The monoisotopic (exact) mass is 448 g/mol. The average molecular weight is 449 g/mol. The number of pyridine rings is 1. The van der Waals surface area contributed by atoms with E-state index in [1.807, 2.05) is 36.4 Å². The van der Waals surface area contributed by atoms with E-state index in [2.05, 4.69) is 14.6 Å². The molecule has 0 spiro atoms. The molecular weight excluding hydrogens is 420 g/mol. The Morgan fingerprint density at radius 3 is 2.26 bits per heavy atom. The van der Waals surface area contributed by atoms with Crippen LogP contribution in [0.2, 0.25) is 0 Å². The lowest BCUT2D eigenvalue weighted by atomic mass is 10.1. The molecule has 1 aromatic heterocycles. The number of carbonyl (C=O) groups is 1. The SMILES string of the molecule is CC(C)C(NS(=O)(=O)N1CCN(c2ccc(OCc3ccncc3)cc2)CC1)C(=O)O. The summed E-state index contributed by atoms with van der Waals surface area (Å²) in [5.74, 6) is -0.782. The molecule has 3 rings (SSSR count). The van der Waals surface area contributed by atoms with Gasteiger partial charge in [-0.3, -0.25) is 9.78 Å². The van der Waals surface area contributed by atoms with E-state index in [1.54, 1.807) is 26.2 Å². The number of piperazine rings is 1. The number of carboxylic acids is 1. The number of benzene rings is 1. The molecule has 0 amide bonds. The van der Waals surface area contributed by atoms with E-state index < -0.39 is 22.2 Å². The summed E-state index contributed by atoms with van der Waals surface area (Å²) in [7, 11) is -3.87. The third kappa shape index (κ3) is 6.16. The van der Waals surface area contributed by atoms with Crippen LogP contribution in [0, 0.1) is 5.92 Å². The van der Waals surface area contributed by atoms with Gasteiger partial charge in [-0.15, -0.1) is 0 Å². The van der Waals surface area contributed by atoms with E-state index in [1.165, 1.54) is 4.31 Å². The Balaban J connectivity index is 1.53. The first-order valence-electron chi connectivity index (χ1n) is 10.1. The molecule has 2 heterocycles. The zero-order valence-corrected chi connectivity index (χ0v) is 18.5. The number of nitrogens with one attached hydrogen (secondary N) is 1. The number of anilines is 1. The van der Waals surface area contributed by atoms with Crippen molar-refractivity contribution in [3.05, 3.63) is 54.4 Å². The molecule has 1 fully saturated rings. The first-order valence-corrected chi connectivity index (χ1v) is 11.6. The maximum Gasteiger partial charge on any atom is 0.322 e. The lowest BCUT2D eigenvalue weighted by Gasteiger charge is -2.36. The fraction of sp³-hybridized carbons (Fsp3) is 0.429. The van der Waals surface area contributed by atoms with Crippen molar-refractivity contribution in [2.75, 3.05) is 31.1 Å². The minimum atomic E-state index is -3.87. The zero-order valence-electron chi connectivity index (χ0n) is 17.6. The number of ether oxygens (including phenoxy) is 1. The van der Waals surface area contributed by atoms with Crippen LogP contribution in [0.5, 0.6) is 5.75 Å². The normalized spacial score (nSPS) is 16.3.